The number of methoxy groups -OCH3 is 2. The van der Waals surface area contributed by atoms with Gasteiger partial charge in [-0.3, -0.25) is 10.1 Å². The highest BCUT2D eigenvalue weighted by Gasteiger charge is 2.34. The quantitative estimate of drug-likeness (QED) is 0.445. The topological polar surface area (TPSA) is 119 Å². The predicted octanol–water partition coefficient (Wildman–Crippen LogP) is 0.171. The molecule has 0 heterocycles. The summed E-state index contributed by atoms with van der Waals surface area (Å²) in [5.41, 5.74) is -0.747. The summed E-state index contributed by atoms with van der Waals surface area (Å²) in [4.78, 5) is 21.3. The Morgan fingerprint density at radius 1 is 1.37 bits per heavy atom. The Morgan fingerprint density at radius 2 is 2.00 bits per heavy atom. The van der Waals surface area contributed by atoms with Crippen molar-refractivity contribution in [2.45, 2.75) is 12.2 Å². The van der Waals surface area contributed by atoms with Gasteiger partial charge in [-0.25, -0.2) is 4.79 Å². The Labute approximate surface area is 108 Å². The minimum Gasteiger partial charge on any atom is -0.496 e. The van der Waals surface area contributed by atoms with E-state index < -0.39 is 28.8 Å². The molecule has 2 atom stereocenters. The minimum absolute atomic E-state index is 0.00958. The maximum atomic E-state index is 11.2. The van der Waals surface area contributed by atoms with E-state index in [2.05, 4.69) is 4.74 Å². The van der Waals surface area contributed by atoms with Crippen LogP contribution in [0.4, 0.5) is 5.69 Å². The summed E-state index contributed by atoms with van der Waals surface area (Å²) in [6.45, 7) is 0. The van der Waals surface area contributed by atoms with Crippen molar-refractivity contribution < 1.29 is 29.4 Å². The number of hydrogen-bond donors (Lipinski definition) is 2. The molecule has 0 amide bonds. The van der Waals surface area contributed by atoms with Gasteiger partial charge in [0, 0.05) is 6.07 Å². The molecule has 1 rings (SSSR count). The van der Waals surface area contributed by atoms with Crippen LogP contribution < -0.4 is 4.74 Å². The van der Waals surface area contributed by atoms with Gasteiger partial charge in [0.05, 0.1) is 19.1 Å². The highest BCUT2D eigenvalue weighted by Crippen LogP contribution is 2.35. The van der Waals surface area contributed by atoms with E-state index in [9.17, 15) is 25.1 Å². The van der Waals surface area contributed by atoms with Gasteiger partial charge in [-0.05, 0) is 6.07 Å². The summed E-state index contributed by atoms with van der Waals surface area (Å²) < 4.78 is 9.16. The second-order valence-corrected chi connectivity index (χ2v) is 3.56. The Balaban J connectivity index is 3.30. The highest BCUT2D eigenvalue weighted by molar-refractivity contribution is 5.76. The van der Waals surface area contributed by atoms with Crippen LogP contribution in [0.15, 0.2) is 18.2 Å². The molecule has 2 N–H and O–H groups in total. The maximum absolute atomic E-state index is 11.2. The SMILES string of the molecule is COC(=O)C(O)C(O)c1c(OC)cccc1[N+](=O)[O-]. The molecule has 2 unspecified atom stereocenters. The fraction of sp³-hybridized carbons (Fsp3) is 0.364. The van der Waals surface area contributed by atoms with Crippen molar-refractivity contribution >= 4 is 11.7 Å². The molecular formula is C11H13NO7. The van der Waals surface area contributed by atoms with Gasteiger partial charge < -0.3 is 19.7 Å². The van der Waals surface area contributed by atoms with Gasteiger partial charge in [-0.1, -0.05) is 6.07 Å². The van der Waals surface area contributed by atoms with Crippen LogP contribution >= 0.6 is 0 Å². The molecule has 8 heteroatoms. The van der Waals surface area contributed by atoms with Gasteiger partial charge in [-0.15, -0.1) is 0 Å². The lowest BCUT2D eigenvalue weighted by Crippen LogP contribution is -2.29. The molecule has 0 aromatic heterocycles. The molecule has 1 aromatic carbocycles. The molecule has 1 aromatic rings. The van der Waals surface area contributed by atoms with Crippen LogP contribution in [0.5, 0.6) is 5.75 Å². The number of esters is 1. The second kappa shape index (κ2) is 6.12. The number of ether oxygens (including phenoxy) is 2. The molecule has 0 aliphatic heterocycles. The molecule has 0 aliphatic rings. The lowest BCUT2D eigenvalue weighted by atomic mass is 10.0. The molecule has 8 nitrogen and oxygen atoms in total. The van der Waals surface area contributed by atoms with Gasteiger partial charge in [-0.2, -0.15) is 0 Å². The van der Waals surface area contributed by atoms with Gasteiger partial charge >= 0.3 is 5.97 Å². The third-order valence-electron chi connectivity index (χ3n) is 2.50. The Bertz CT molecular complexity index is 488. The molecule has 0 saturated heterocycles. The summed E-state index contributed by atoms with van der Waals surface area (Å²) >= 11 is 0. The van der Waals surface area contributed by atoms with Crippen molar-refractivity contribution in [3.8, 4) is 5.75 Å². The number of hydrogen-bond acceptors (Lipinski definition) is 7. The molecule has 0 aliphatic carbocycles. The number of carbonyl (C=O) groups is 1. The first kappa shape index (κ1) is 14.9. The van der Waals surface area contributed by atoms with Crippen LogP contribution in [-0.2, 0) is 9.53 Å². The molecule has 104 valence electrons. The lowest BCUT2D eigenvalue weighted by molar-refractivity contribution is -0.386. The monoisotopic (exact) mass is 271 g/mol. The fourth-order valence-electron chi connectivity index (χ4n) is 1.57. The summed E-state index contributed by atoms with van der Waals surface area (Å²) in [7, 11) is 2.27. The highest BCUT2D eigenvalue weighted by atomic mass is 16.6. The van der Waals surface area contributed by atoms with Gasteiger partial charge in [0.15, 0.2) is 6.10 Å². The number of nitrogens with zero attached hydrogens (tertiary/aromatic N) is 1. The first-order valence-electron chi connectivity index (χ1n) is 5.19. The lowest BCUT2D eigenvalue weighted by Gasteiger charge is -2.18. The van der Waals surface area contributed by atoms with E-state index in [-0.39, 0.29) is 11.3 Å². The molecule has 0 radical (unpaired) electrons. The number of carbonyl (C=O) groups excluding carboxylic acids is 1. The molecular weight excluding hydrogens is 258 g/mol. The number of nitro benzene ring substituents is 1. The van der Waals surface area contributed by atoms with Crippen molar-refractivity contribution in [1.82, 2.24) is 0 Å². The number of aliphatic hydroxyl groups is 2. The van der Waals surface area contributed by atoms with Crippen molar-refractivity contribution in [3.63, 3.8) is 0 Å². The van der Waals surface area contributed by atoms with Crippen molar-refractivity contribution in [3.05, 3.63) is 33.9 Å². The summed E-state index contributed by atoms with van der Waals surface area (Å²) in [5.74, 6) is -1.11. The van der Waals surface area contributed by atoms with Gasteiger partial charge in [0.25, 0.3) is 5.69 Å². The van der Waals surface area contributed by atoms with Gasteiger partial charge in [0.1, 0.15) is 17.4 Å². The molecule has 0 fully saturated rings. The van der Waals surface area contributed by atoms with Crippen molar-refractivity contribution in [2.75, 3.05) is 14.2 Å². The third-order valence-corrected chi connectivity index (χ3v) is 2.50. The van der Waals surface area contributed by atoms with E-state index in [1.54, 1.807) is 0 Å². The largest absolute Gasteiger partial charge is 0.496 e. The standard InChI is InChI=1S/C11H13NO7/c1-18-7-5-3-4-6(12(16)17)8(7)9(13)10(14)11(15)19-2/h3-5,9-10,13-14H,1-2H3. The molecule has 0 bridgehead atoms. The Morgan fingerprint density at radius 3 is 2.47 bits per heavy atom. The zero-order chi connectivity index (χ0) is 14.6. The number of aliphatic hydroxyl groups excluding tert-OH is 2. The van der Waals surface area contributed by atoms with Gasteiger partial charge in [0.2, 0.25) is 0 Å². The zero-order valence-corrected chi connectivity index (χ0v) is 10.3. The van der Waals surface area contributed by atoms with E-state index in [1.807, 2.05) is 0 Å². The smallest absolute Gasteiger partial charge is 0.337 e. The van der Waals surface area contributed by atoms with E-state index in [1.165, 1.54) is 19.2 Å². The van der Waals surface area contributed by atoms with E-state index >= 15 is 0 Å². The maximum Gasteiger partial charge on any atom is 0.337 e. The molecule has 0 spiro atoms. The van der Waals surface area contributed by atoms with Crippen molar-refractivity contribution in [2.24, 2.45) is 0 Å². The normalized spacial score (nSPS) is 13.5. The second-order valence-electron chi connectivity index (χ2n) is 3.56. The van der Waals surface area contributed by atoms with Crippen LogP contribution in [-0.4, -0.2) is 41.4 Å². The average molecular weight is 271 g/mol. The van der Waals surface area contributed by atoms with Crippen LogP contribution in [0.3, 0.4) is 0 Å². The fourth-order valence-corrected chi connectivity index (χ4v) is 1.57. The first-order valence-corrected chi connectivity index (χ1v) is 5.19. The summed E-state index contributed by atoms with van der Waals surface area (Å²) in [5, 5.41) is 30.4. The first-order chi connectivity index (χ1) is 8.93. The predicted molar refractivity (Wildman–Crippen MR) is 62.6 cm³/mol. The summed E-state index contributed by atoms with van der Waals surface area (Å²) in [6.07, 6.45) is -3.77. The van der Waals surface area contributed by atoms with Crippen LogP contribution in [0.1, 0.15) is 11.7 Å². The summed E-state index contributed by atoms with van der Waals surface area (Å²) in [6, 6.07) is 3.86. The number of nitro groups is 1. The molecule has 19 heavy (non-hydrogen) atoms. The Kier molecular flexibility index (Phi) is 4.79. The minimum atomic E-state index is -1.94. The van der Waals surface area contributed by atoms with Crippen LogP contribution in [0.2, 0.25) is 0 Å². The van der Waals surface area contributed by atoms with E-state index in [0.29, 0.717) is 0 Å². The van der Waals surface area contributed by atoms with Crippen LogP contribution in [0, 0.1) is 10.1 Å². The Hall–Kier alpha value is -2.19. The average Bonchev–Trinajstić information content (AvgIpc) is 2.43. The number of rotatable bonds is 5. The van der Waals surface area contributed by atoms with Crippen molar-refractivity contribution in [1.29, 1.82) is 0 Å². The van der Waals surface area contributed by atoms with Crippen LogP contribution in [0.25, 0.3) is 0 Å². The zero-order valence-electron chi connectivity index (χ0n) is 10.3. The third kappa shape index (κ3) is 2.98. The van der Waals surface area contributed by atoms with E-state index in [4.69, 9.17) is 4.74 Å². The molecule has 0 saturated carbocycles. The number of benzene rings is 1. The van der Waals surface area contributed by atoms with E-state index in [0.717, 1.165) is 13.2 Å².